The summed E-state index contributed by atoms with van der Waals surface area (Å²) in [5, 5.41) is 7.90. The van der Waals surface area contributed by atoms with Gasteiger partial charge in [0.15, 0.2) is 0 Å². The summed E-state index contributed by atoms with van der Waals surface area (Å²) in [5.74, 6) is 0.869. The Labute approximate surface area is 123 Å². The first kappa shape index (κ1) is 15.5. The molecule has 2 heterocycles. The van der Waals surface area contributed by atoms with Crippen LogP contribution in [0.2, 0.25) is 0 Å². The van der Waals surface area contributed by atoms with Crippen molar-refractivity contribution < 1.29 is 0 Å². The van der Waals surface area contributed by atoms with E-state index in [4.69, 9.17) is 0 Å². The van der Waals surface area contributed by atoms with E-state index in [1.54, 1.807) is 0 Å². The fraction of sp³-hybridized carbons (Fsp3) is 0.812. The smallest absolute Gasteiger partial charge is 0.0534 e. The normalized spacial score (nSPS) is 16.9. The third kappa shape index (κ3) is 4.91. The van der Waals surface area contributed by atoms with Crippen LogP contribution >= 0.6 is 0 Å². The Balaban J connectivity index is 1.86. The van der Waals surface area contributed by atoms with E-state index in [0.29, 0.717) is 0 Å². The number of nitrogens with zero attached hydrogens (tertiary/aromatic N) is 3. The third-order valence-corrected chi connectivity index (χ3v) is 4.06. The van der Waals surface area contributed by atoms with E-state index in [1.807, 2.05) is 6.20 Å². The molecular formula is C16H30N4. The molecule has 1 aromatic rings. The van der Waals surface area contributed by atoms with Gasteiger partial charge in [-0.05, 0) is 51.2 Å². The van der Waals surface area contributed by atoms with E-state index in [1.165, 1.54) is 51.0 Å². The zero-order chi connectivity index (χ0) is 14.2. The van der Waals surface area contributed by atoms with Crippen molar-refractivity contribution in [2.24, 2.45) is 5.92 Å². The molecule has 0 radical (unpaired) electrons. The fourth-order valence-electron chi connectivity index (χ4n) is 3.08. The first-order chi connectivity index (χ1) is 9.81. The van der Waals surface area contributed by atoms with Crippen LogP contribution in [0.4, 0.5) is 0 Å². The Morgan fingerprint density at radius 3 is 2.80 bits per heavy atom. The molecule has 20 heavy (non-hydrogen) atoms. The van der Waals surface area contributed by atoms with Gasteiger partial charge in [-0.1, -0.05) is 13.8 Å². The number of hydrogen-bond donors (Lipinski definition) is 1. The highest BCUT2D eigenvalue weighted by molar-refractivity contribution is 5.03. The highest BCUT2D eigenvalue weighted by atomic mass is 15.3. The van der Waals surface area contributed by atoms with E-state index < -0.39 is 0 Å². The van der Waals surface area contributed by atoms with Crippen molar-refractivity contribution in [3.63, 3.8) is 0 Å². The molecule has 1 aromatic heterocycles. The minimum Gasteiger partial charge on any atom is -0.317 e. The van der Waals surface area contributed by atoms with Gasteiger partial charge >= 0.3 is 0 Å². The lowest BCUT2D eigenvalue weighted by Crippen LogP contribution is -2.36. The maximum atomic E-state index is 4.45. The van der Waals surface area contributed by atoms with E-state index in [-0.39, 0.29) is 0 Å². The van der Waals surface area contributed by atoms with E-state index in [0.717, 1.165) is 25.4 Å². The summed E-state index contributed by atoms with van der Waals surface area (Å²) in [4.78, 5) is 2.61. The van der Waals surface area contributed by atoms with Crippen LogP contribution < -0.4 is 5.32 Å². The molecule has 0 amide bonds. The number of nitrogens with one attached hydrogen (secondary N) is 1. The second-order valence-corrected chi connectivity index (χ2v) is 6.04. The van der Waals surface area contributed by atoms with Gasteiger partial charge in [0.25, 0.3) is 0 Å². The second kappa shape index (κ2) is 8.42. The third-order valence-electron chi connectivity index (χ3n) is 4.06. The van der Waals surface area contributed by atoms with Gasteiger partial charge < -0.3 is 5.32 Å². The first-order valence-electron chi connectivity index (χ1n) is 8.26. The SMILES string of the molecule is CCCN(Cc1cnn(CCC)c1)CC1CCNCC1. The van der Waals surface area contributed by atoms with Gasteiger partial charge in [0.2, 0.25) is 0 Å². The summed E-state index contributed by atoms with van der Waals surface area (Å²) in [5.41, 5.74) is 1.36. The van der Waals surface area contributed by atoms with Crippen LogP contribution in [0.1, 0.15) is 45.1 Å². The lowest BCUT2D eigenvalue weighted by Gasteiger charge is -2.29. The quantitative estimate of drug-likeness (QED) is 0.793. The van der Waals surface area contributed by atoms with Crippen LogP contribution in [0.25, 0.3) is 0 Å². The van der Waals surface area contributed by atoms with Crippen molar-refractivity contribution in [2.45, 2.75) is 52.6 Å². The predicted molar refractivity (Wildman–Crippen MR) is 83.7 cm³/mol. The standard InChI is InChI=1S/C16H30N4/c1-3-9-19(12-15-5-7-17-8-6-15)13-16-11-18-20(14-16)10-4-2/h11,14-15,17H,3-10,12-13H2,1-2H3. The van der Waals surface area contributed by atoms with Crippen LogP contribution in [0.3, 0.4) is 0 Å². The van der Waals surface area contributed by atoms with Gasteiger partial charge in [0.05, 0.1) is 6.20 Å². The number of rotatable bonds is 8. The summed E-state index contributed by atoms with van der Waals surface area (Å²) in [6, 6.07) is 0. The summed E-state index contributed by atoms with van der Waals surface area (Å²) >= 11 is 0. The topological polar surface area (TPSA) is 33.1 Å². The molecule has 4 nitrogen and oxygen atoms in total. The van der Waals surface area contributed by atoms with Crippen LogP contribution in [-0.2, 0) is 13.1 Å². The highest BCUT2D eigenvalue weighted by Gasteiger charge is 2.17. The molecule has 1 aliphatic heterocycles. The number of hydrogen-bond acceptors (Lipinski definition) is 3. The van der Waals surface area contributed by atoms with Gasteiger partial charge in [0.1, 0.15) is 0 Å². The molecule has 0 aliphatic carbocycles. The summed E-state index contributed by atoms with van der Waals surface area (Å²) < 4.78 is 2.07. The molecule has 4 heteroatoms. The fourth-order valence-corrected chi connectivity index (χ4v) is 3.08. The van der Waals surface area contributed by atoms with Crippen molar-refractivity contribution in [3.05, 3.63) is 18.0 Å². The maximum absolute atomic E-state index is 4.45. The lowest BCUT2D eigenvalue weighted by atomic mass is 9.97. The number of piperidine rings is 1. The van der Waals surface area contributed by atoms with Crippen LogP contribution in [0.15, 0.2) is 12.4 Å². The molecule has 1 aliphatic rings. The molecule has 0 saturated carbocycles. The average Bonchev–Trinajstić information content (AvgIpc) is 2.88. The molecule has 1 fully saturated rings. The molecule has 0 unspecified atom stereocenters. The van der Waals surface area contributed by atoms with Gasteiger partial charge in [-0.2, -0.15) is 5.10 Å². The molecule has 114 valence electrons. The largest absolute Gasteiger partial charge is 0.317 e. The Bertz CT molecular complexity index is 368. The monoisotopic (exact) mass is 278 g/mol. The molecule has 0 atom stereocenters. The lowest BCUT2D eigenvalue weighted by molar-refractivity contribution is 0.199. The van der Waals surface area contributed by atoms with Crippen molar-refractivity contribution in [3.8, 4) is 0 Å². The highest BCUT2D eigenvalue weighted by Crippen LogP contribution is 2.15. The predicted octanol–water partition coefficient (Wildman–Crippen LogP) is 2.50. The molecule has 2 rings (SSSR count). The van der Waals surface area contributed by atoms with E-state index >= 15 is 0 Å². The molecule has 0 spiro atoms. The molecule has 0 bridgehead atoms. The van der Waals surface area contributed by atoms with Crippen molar-refractivity contribution >= 4 is 0 Å². The molecular weight excluding hydrogens is 248 g/mol. The average molecular weight is 278 g/mol. The Morgan fingerprint density at radius 2 is 2.10 bits per heavy atom. The zero-order valence-corrected chi connectivity index (χ0v) is 13.1. The van der Waals surface area contributed by atoms with Gasteiger partial charge in [-0.25, -0.2) is 0 Å². The van der Waals surface area contributed by atoms with Crippen LogP contribution in [0, 0.1) is 5.92 Å². The van der Waals surface area contributed by atoms with Gasteiger partial charge in [-0.15, -0.1) is 0 Å². The van der Waals surface area contributed by atoms with E-state index in [2.05, 4.69) is 40.0 Å². The van der Waals surface area contributed by atoms with Gasteiger partial charge in [0, 0.05) is 31.4 Å². The summed E-state index contributed by atoms with van der Waals surface area (Å²) in [6.45, 7) is 11.4. The summed E-state index contributed by atoms with van der Waals surface area (Å²) in [7, 11) is 0. The van der Waals surface area contributed by atoms with Crippen LogP contribution in [0.5, 0.6) is 0 Å². The van der Waals surface area contributed by atoms with Gasteiger partial charge in [-0.3, -0.25) is 9.58 Å². The Morgan fingerprint density at radius 1 is 1.30 bits per heavy atom. The first-order valence-corrected chi connectivity index (χ1v) is 8.26. The zero-order valence-electron chi connectivity index (χ0n) is 13.1. The van der Waals surface area contributed by atoms with Crippen molar-refractivity contribution in [2.75, 3.05) is 26.2 Å². The molecule has 0 aromatic carbocycles. The van der Waals surface area contributed by atoms with E-state index in [9.17, 15) is 0 Å². The Kier molecular flexibility index (Phi) is 6.54. The second-order valence-electron chi connectivity index (χ2n) is 6.04. The molecule has 1 saturated heterocycles. The van der Waals surface area contributed by atoms with Crippen LogP contribution in [-0.4, -0.2) is 40.9 Å². The number of aryl methyl sites for hydroxylation is 1. The minimum atomic E-state index is 0.869. The molecule has 1 N–H and O–H groups in total. The Hall–Kier alpha value is -0.870. The number of aromatic nitrogens is 2. The maximum Gasteiger partial charge on any atom is 0.0534 e. The summed E-state index contributed by atoms with van der Waals surface area (Å²) in [6.07, 6.45) is 9.29. The van der Waals surface area contributed by atoms with Crippen molar-refractivity contribution in [1.29, 1.82) is 0 Å². The minimum absolute atomic E-state index is 0.869. The van der Waals surface area contributed by atoms with Crippen molar-refractivity contribution in [1.82, 2.24) is 20.0 Å².